The minimum atomic E-state index is 0.394. The van der Waals surface area contributed by atoms with Crippen LogP contribution in [-0.4, -0.2) is 28.2 Å². The van der Waals surface area contributed by atoms with Gasteiger partial charge < -0.3 is 4.74 Å². The minimum Gasteiger partial charge on any atom is -0.379 e. The van der Waals surface area contributed by atoms with Crippen molar-refractivity contribution in [2.24, 2.45) is 0 Å². The number of aromatic nitrogens is 3. The maximum atomic E-state index is 5.25. The fourth-order valence-corrected chi connectivity index (χ4v) is 1.54. The van der Waals surface area contributed by atoms with Crippen LogP contribution < -0.4 is 0 Å². The Hall–Kier alpha value is -0.420. The number of hydrogen-bond acceptors (Lipinski definition) is 3. The second kappa shape index (κ2) is 3.53. The third kappa shape index (κ3) is 1.51. The first-order chi connectivity index (χ1) is 5.90. The van der Waals surface area contributed by atoms with E-state index in [0.29, 0.717) is 6.04 Å². The topological polar surface area (TPSA) is 39.9 Å². The normalized spacial score (nSPS) is 23.2. The van der Waals surface area contributed by atoms with Crippen LogP contribution >= 0.6 is 15.9 Å². The number of nitrogens with zero attached hydrogens (tertiary/aromatic N) is 3. The minimum absolute atomic E-state index is 0.394. The van der Waals surface area contributed by atoms with Crippen LogP contribution in [0.4, 0.5) is 0 Å². The average Bonchev–Trinajstić information content (AvgIpc) is 2.75. The van der Waals surface area contributed by atoms with E-state index in [9.17, 15) is 0 Å². The summed E-state index contributed by atoms with van der Waals surface area (Å²) in [5.41, 5.74) is 0.974. The molecule has 0 aliphatic carbocycles. The molecular weight excluding hydrogens is 222 g/mol. The Morgan fingerprint density at radius 2 is 2.67 bits per heavy atom. The van der Waals surface area contributed by atoms with Gasteiger partial charge in [0.2, 0.25) is 0 Å². The van der Waals surface area contributed by atoms with Gasteiger partial charge in [-0.1, -0.05) is 21.1 Å². The van der Waals surface area contributed by atoms with Gasteiger partial charge in [0.15, 0.2) is 0 Å². The van der Waals surface area contributed by atoms with Gasteiger partial charge >= 0.3 is 0 Å². The van der Waals surface area contributed by atoms with Crippen LogP contribution in [0.2, 0.25) is 0 Å². The Kier molecular flexibility index (Phi) is 2.41. The molecule has 0 bridgehead atoms. The molecule has 1 aromatic heterocycles. The number of alkyl halides is 1. The lowest BCUT2D eigenvalue weighted by atomic mass is 10.3. The highest BCUT2D eigenvalue weighted by molar-refractivity contribution is 9.08. The lowest BCUT2D eigenvalue weighted by molar-refractivity contribution is 0.184. The molecule has 1 unspecified atom stereocenters. The fraction of sp³-hybridized carbons (Fsp3) is 0.714. The van der Waals surface area contributed by atoms with E-state index in [1.165, 1.54) is 0 Å². The van der Waals surface area contributed by atoms with Crippen molar-refractivity contribution in [3.63, 3.8) is 0 Å². The largest absolute Gasteiger partial charge is 0.379 e. The maximum Gasteiger partial charge on any atom is 0.0932 e. The molecule has 0 N–H and O–H groups in total. The third-order valence-electron chi connectivity index (χ3n) is 1.97. The molecule has 0 radical (unpaired) electrons. The fourth-order valence-electron chi connectivity index (χ4n) is 1.28. The van der Waals surface area contributed by atoms with Gasteiger partial charge in [-0.25, -0.2) is 4.68 Å². The van der Waals surface area contributed by atoms with Gasteiger partial charge in [0.05, 0.1) is 18.3 Å². The van der Waals surface area contributed by atoms with Crippen molar-refractivity contribution < 1.29 is 4.74 Å². The van der Waals surface area contributed by atoms with Crippen molar-refractivity contribution in [3.8, 4) is 0 Å². The van der Waals surface area contributed by atoms with Crippen molar-refractivity contribution in [1.82, 2.24) is 15.0 Å². The van der Waals surface area contributed by atoms with E-state index in [1.807, 2.05) is 10.9 Å². The first kappa shape index (κ1) is 8.19. The summed E-state index contributed by atoms with van der Waals surface area (Å²) in [6.45, 7) is 1.61. The molecular formula is C7H10BrN3O. The highest BCUT2D eigenvalue weighted by atomic mass is 79.9. The Bertz CT molecular complexity index is 257. The van der Waals surface area contributed by atoms with Gasteiger partial charge in [0.1, 0.15) is 0 Å². The van der Waals surface area contributed by atoms with Crippen LogP contribution in [0.25, 0.3) is 0 Å². The highest BCUT2D eigenvalue weighted by Gasteiger charge is 2.18. The van der Waals surface area contributed by atoms with Crippen LogP contribution in [0, 0.1) is 0 Å². The zero-order chi connectivity index (χ0) is 8.39. The zero-order valence-corrected chi connectivity index (χ0v) is 8.20. The smallest absolute Gasteiger partial charge is 0.0932 e. The zero-order valence-electron chi connectivity index (χ0n) is 6.61. The molecule has 5 heteroatoms. The summed E-state index contributed by atoms with van der Waals surface area (Å²) in [4.78, 5) is 0. The van der Waals surface area contributed by atoms with E-state index in [-0.39, 0.29) is 0 Å². The molecule has 2 rings (SSSR count). The molecule has 1 saturated heterocycles. The van der Waals surface area contributed by atoms with Crippen molar-refractivity contribution in [1.29, 1.82) is 0 Å². The molecule has 2 heterocycles. The van der Waals surface area contributed by atoms with Gasteiger partial charge in [0.25, 0.3) is 0 Å². The number of halogens is 1. The number of hydrogen-bond donors (Lipinski definition) is 0. The quantitative estimate of drug-likeness (QED) is 0.717. The lowest BCUT2D eigenvalue weighted by Gasteiger charge is -2.04. The van der Waals surface area contributed by atoms with E-state index in [1.54, 1.807) is 0 Å². The maximum absolute atomic E-state index is 5.25. The van der Waals surface area contributed by atoms with Crippen molar-refractivity contribution in [2.75, 3.05) is 13.2 Å². The molecule has 1 aliphatic rings. The first-order valence-electron chi connectivity index (χ1n) is 3.94. The molecule has 0 amide bonds. The van der Waals surface area contributed by atoms with E-state index < -0.39 is 0 Å². The molecule has 0 spiro atoms. The standard InChI is InChI=1S/C7H10BrN3O/c8-3-6-4-11(10-9-6)7-1-2-12-5-7/h4,7H,1-3,5H2. The van der Waals surface area contributed by atoms with Crippen LogP contribution in [0.3, 0.4) is 0 Å². The lowest BCUT2D eigenvalue weighted by Crippen LogP contribution is -2.08. The highest BCUT2D eigenvalue weighted by Crippen LogP contribution is 2.17. The van der Waals surface area contributed by atoms with Crippen molar-refractivity contribution in [3.05, 3.63) is 11.9 Å². The van der Waals surface area contributed by atoms with Crippen LogP contribution in [0.15, 0.2) is 6.20 Å². The van der Waals surface area contributed by atoms with Gasteiger partial charge in [-0.2, -0.15) is 0 Å². The summed E-state index contributed by atoms with van der Waals surface area (Å²) in [5.74, 6) is 0. The summed E-state index contributed by atoms with van der Waals surface area (Å²) in [7, 11) is 0. The van der Waals surface area contributed by atoms with Gasteiger partial charge in [0, 0.05) is 18.1 Å². The summed E-state index contributed by atoms with van der Waals surface area (Å²) >= 11 is 3.33. The van der Waals surface area contributed by atoms with Crippen LogP contribution in [-0.2, 0) is 10.1 Å². The molecule has 0 aromatic carbocycles. The Morgan fingerprint density at radius 1 is 1.75 bits per heavy atom. The molecule has 1 fully saturated rings. The molecule has 0 saturated carbocycles. The van der Waals surface area contributed by atoms with E-state index in [4.69, 9.17) is 4.74 Å². The summed E-state index contributed by atoms with van der Waals surface area (Å²) in [5, 5.41) is 8.78. The van der Waals surface area contributed by atoms with Gasteiger partial charge in [-0.15, -0.1) is 5.10 Å². The Labute approximate surface area is 79.0 Å². The van der Waals surface area contributed by atoms with E-state index in [2.05, 4.69) is 26.2 Å². The summed E-state index contributed by atoms with van der Waals surface area (Å²) in [6, 6.07) is 0.394. The number of ether oxygens (including phenoxy) is 1. The van der Waals surface area contributed by atoms with Crippen molar-refractivity contribution in [2.45, 2.75) is 17.8 Å². The van der Waals surface area contributed by atoms with E-state index in [0.717, 1.165) is 30.7 Å². The molecule has 12 heavy (non-hydrogen) atoms. The molecule has 1 aliphatic heterocycles. The SMILES string of the molecule is BrCc1cn(C2CCOC2)nn1. The van der Waals surface area contributed by atoms with Gasteiger partial charge in [-0.05, 0) is 6.42 Å². The number of rotatable bonds is 2. The third-order valence-corrected chi connectivity index (χ3v) is 2.55. The summed E-state index contributed by atoms with van der Waals surface area (Å²) < 4.78 is 7.15. The second-order valence-electron chi connectivity index (χ2n) is 2.84. The second-order valence-corrected chi connectivity index (χ2v) is 3.40. The van der Waals surface area contributed by atoms with Gasteiger partial charge in [-0.3, -0.25) is 0 Å². The molecule has 4 nitrogen and oxygen atoms in total. The van der Waals surface area contributed by atoms with Crippen LogP contribution in [0.1, 0.15) is 18.2 Å². The first-order valence-corrected chi connectivity index (χ1v) is 5.06. The monoisotopic (exact) mass is 231 g/mol. The predicted molar refractivity (Wildman–Crippen MR) is 47.1 cm³/mol. The molecule has 1 atom stereocenters. The molecule has 66 valence electrons. The van der Waals surface area contributed by atoms with E-state index >= 15 is 0 Å². The van der Waals surface area contributed by atoms with Crippen molar-refractivity contribution >= 4 is 15.9 Å². The summed E-state index contributed by atoms with van der Waals surface area (Å²) in [6.07, 6.45) is 3.01. The Balaban J connectivity index is 2.11. The Morgan fingerprint density at radius 3 is 3.25 bits per heavy atom. The van der Waals surface area contributed by atoms with Crippen LogP contribution in [0.5, 0.6) is 0 Å². The molecule has 1 aromatic rings. The predicted octanol–water partition coefficient (Wildman–Crippen LogP) is 1.13. The average molecular weight is 232 g/mol.